The highest BCUT2D eigenvalue weighted by Gasteiger charge is 2.18. The smallest absolute Gasteiger partial charge is 0.305 e. The molecular weight excluding hydrogens is 338 g/mol. The minimum atomic E-state index is -0.241. The molecule has 0 aliphatic rings. The molecule has 134 valence electrons. The van der Waals surface area contributed by atoms with Crippen LogP contribution in [-0.4, -0.2) is 31.6 Å². The van der Waals surface area contributed by atoms with Gasteiger partial charge in [0.15, 0.2) is 0 Å². The fraction of sp³-hybridized carbons (Fsp3) is 0.368. The van der Waals surface area contributed by atoms with E-state index < -0.39 is 0 Å². The number of esters is 1. The van der Waals surface area contributed by atoms with E-state index in [0.717, 1.165) is 10.4 Å². The van der Waals surface area contributed by atoms with Crippen molar-refractivity contribution in [3.8, 4) is 16.2 Å². The Kier molecular flexibility index (Phi) is 7.47. The van der Waals surface area contributed by atoms with Crippen molar-refractivity contribution in [3.63, 3.8) is 0 Å². The van der Waals surface area contributed by atoms with Crippen molar-refractivity contribution < 1.29 is 19.1 Å². The molecule has 1 amide bonds. The molecule has 1 aromatic carbocycles. The average Bonchev–Trinajstić information content (AvgIpc) is 3.04. The van der Waals surface area contributed by atoms with Gasteiger partial charge in [0.2, 0.25) is 0 Å². The van der Waals surface area contributed by atoms with Crippen LogP contribution < -0.4 is 10.1 Å². The number of benzene rings is 1. The monoisotopic (exact) mass is 361 g/mol. The van der Waals surface area contributed by atoms with Crippen LogP contribution in [0.15, 0.2) is 36.4 Å². The van der Waals surface area contributed by atoms with Crippen molar-refractivity contribution in [1.82, 2.24) is 5.32 Å². The number of carbonyl (C=O) groups is 2. The maximum Gasteiger partial charge on any atom is 0.305 e. The molecule has 0 atom stereocenters. The third-order valence-electron chi connectivity index (χ3n) is 3.41. The molecule has 1 heterocycles. The lowest BCUT2D eigenvalue weighted by Crippen LogP contribution is -2.24. The Morgan fingerprint density at radius 2 is 1.88 bits per heavy atom. The first-order chi connectivity index (χ1) is 12.2. The van der Waals surface area contributed by atoms with Crippen molar-refractivity contribution in [3.05, 3.63) is 41.3 Å². The van der Waals surface area contributed by atoms with Crippen molar-refractivity contribution in [2.45, 2.75) is 26.7 Å². The minimum absolute atomic E-state index is 0.181. The molecule has 0 fully saturated rings. The molecule has 0 bridgehead atoms. The molecule has 0 unspecified atom stereocenters. The van der Waals surface area contributed by atoms with Crippen molar-refractivity contribution in [2.24, 2.45) is 0 Å². The summed E-state index contributed by atoms with van der Waals surface area (Å²) < 4.78 is 10.5. The molecule has 0 radical (unpaired) electrons. The van der Waals surface area contributed by atoms with Gasteiger partial charge in [0.1, 0.15) is 10.6 Å². The van der Waals surface area contributed by atoms with E-state index in [2.05, 4.69) is 5.32 Å². The molecule has 0 saturated carbocycles. The maximum absolute atomic E-state index is 12.5. The SMILES string of the molecule is CCOC(=O)CCCNC(=O)c1sc(-c2ccccc2)cc1OCC. The van der Waals surface area contributed by atoms with Gasteiger partial charge < -0.3 is 14.8 Å². The zero-order valence-corrected chi connectivity index (χ0v) is 15.4. The Balaban J connectivity index is 2.00. The number of ether oxygens (including phenoxy) is 2. The van der Waals surface area contributed by atoms with E-state index in [4.69, 9.17) is 9.47 Å². The first-order valence-corrected chi connectivity index (χ1v) is 9.23. The molecule has 0 spiro atoms. The standard InChI is InChI=1S/C19H23NO4S/c1-3-23-15-13-16(14-9-6-5-7-10-14)25-18(15)19(22)20-12-8-11-17(21)24-4-2/h5-7,9-10,13H,3-4,8,11-12H2,1-2H3,(H,20,22). The van der Waals surface area contributed by atoms with Crippen molar-refractivity contribution in [1.29, 1.82) is 0 Å². The molecule has 0 saturated heterocycles. The van der Waals surface area contributed by atoms with Gasteiger partial charge in [-0.2, -0.15) is 0 Å². The van der Waals surface area contributed by atoms with E-state index in [1.807, 2.05) is 43.3 Å². The third-order valence-corrected chi connectivity index (χ3v) is 4.58. The van der Waals surface area contributed by atoms with Gasteiger partial charge in [0.25, 0.3) is 5.91 Å². The number of carbonyl (C=O) groups excluding carboxylic acids is 2. The van der Waals surface area contributed by atoms with Crippen LogP contribution in [0, 0.1) is 0 Å². The van der Waals surface area contributed by atoms with Crippen LogP contribution >= 0.6 is 11.3 Å². The van der Waals surface area contributed by atoms with Gasteiger partial charge in [-0.15, -0.1) is 11.3 Å². The minimum Gasteiger partial charge on any atom is -0.492 e. The predicted octanol–water partition coefficient (Wildman–Crippen LogP) is 3.89. The summed E-state index contributed by atoms with van der Waals surface area (Å²) in [5.41, 5.74) is 1.05. The summed E-state index contributed by atoms with van der Waals surface area (Å²) in [7, 11) is 0. The second kappa shape index (κ2) is 9.84. The number of amides is 1. The highest BCUT2D eigenvalue weighted by molar-refractivity contribution is 7.17. The molecule has 1 aromatic heterocycles. The molecular formula is C19H23NO4S. The number of thiophene rings is 1. The zero-order valence-electron chi connectivity index (χ0n) is 14.5. The van der Waals surface area contributed by atoms with Crippen molar-refractivity contribution in [2.75, 3.05) is 19.8 Å². The average molecular weight is 361 g/mol. The molecule has 1 N–H and O–H groups in total. The fourth-order valence-corrected chi connectivity index (χ4v) is 3.31. The van der Waals surface area contributed by atoms with E-state index in [-0.39, 0.29) is 11.9 Å². The van der Waals surface area contributed by atoms with Gasteiger partial charge in [-0.25, -0.2) is 0 Å². The fourth-order valence-electron chi connectivity index (χ4n) is 2.29. The van der Waals surface area contributed by atoms with E-state index >= 15 is 0 Å². The van der Waals surface area contributed by atoms with Gasteiger partial charge in [0.05, 0.1) is 13.2 Å². The van der Waals surface area contributed by atoms with Gasteiger partial charge in [-0.3, -0.25) is 9.59 Å². The molecule has 2 aromatic rings. The van der Waals surface area contributed by atoms with Crippen LogP contribution in [0.1, 0.15) is 36.4 Å². The Morgan fingerprint density at radius 1 is 1.12 bits per heavy atom. The first kappa shape index (κ1) is 19.0. The summed E-state index contributed by atoms with van der Waals surface area (Å²) in [6.07, 6.45) is 0.845. The normalized spacial score (nSPS) is 10.3. The lowest BCUT2D eigenvalue weighted by atomic mass is 10.2. The van der Waals surface area contributed by atoms with Gasteiger partial charge in [0, 0.05) is 17.8 Å². The summed E-state index contributed by atoms with van der Waals surface area (Å²) in [6, 6.07) is 11.8. The topological polar surface area (TPSA) is 64.6 Å². The predicted molar refractivity (Wildman–Crippen MR) is 99.1 cm³/mol. The number of hydrogen-bond donors (Lipinski definition) is 1. The van der Waals surface area contributed by atoms with Crippen LogP contribution in [-0.2, 0) is 9.53 Å². The lowest BCUT2D eigenvalue weighted by molar-refractivity contribution is -0.143. The quantitative estimate of drug-likeness (QED) is 0.544. The lowest BCUT2D eigenvalue weighted by Gasteiger charge is -2.06. The van der Waals surface area contributed by atoms with E-state index in [1.165, 1.54) is 11.3 Å². The summed E-state index contributed by atoms with van der Waals surface area (Å²) in [5.74, 6) is 0.169. The summed E-state index contributed by atoms with van der Waals surface area (Å²) in [4.78, 5) is 25.3. The van der Waals surface area contributed by atoms with Gasteiger partial charge in [-0.1, -0.05) is 30.3 Å². The summed E-state index contributed by atoms with van der Waals surface area (Å²) in [6.45, 7) is 4.95. The molecule has 0 aliphatic carbocycles. The van der Waals surface area contributed by atoms with Crippen LogP contribution in [0.3, 0.4) is 0 Å². The second-order valence-electron chi connectivity index (χ2n) is 5.27. The number of rotatable bonds is 9. The number of hydrogen-bond acceptors (Lipinski definition) is 5. The zero-order chi connectivity index (χ0) is 18.1. The summed E-state index contributed by atoms with van der Waals surface area (Å²) >= 11 is 1.40. The summed E-state index contributed by atoms with van der Waals surface area (Å²) in [5, 5.41) is 2.84. The Labute approximate surface area is 152 Å². The highest BCUT2D eigenvalue weighted by atomic mass is 32.1. The van der Waals surface area contributed by atoms with Crippen LogP contribution in [0.2, 0.25) is 0 Å². The van der Waals surface area contributed by atoms with Crippen molar-refractivity contribution >= 4 is 23.2 Å². The van der Waals surface area contributed by atoms with Crippen LogP contribution in [0.5, 0.6) is 5.75 Å². The molecule has 5 nitrogen and oxygen atoms in total. The first-order valence-electron chi connectivity index (χ1n) is 8.41. The second-order valence-corrected chi connectivity index (χ2v) is 6.32. The Bertz CT molecular complexity index is 697. The highest BCUT2D eigenvalue weighted by Crippen LogP contribution is 2.36. The largest absolute Gasteiger partial charge is 0.492 e. The Hall–Kier alpha value is -2.34. The third kappa shape index (κ3) is 5.60. The Morgan fingerprint density at radius 3 is 2.56 bits per heavy atom. The molecule has 2 rings (SSSR count). The molecule has 6 heteroatoms. The van der Waals surface area contributed by atoms with Crippen LogP contribution in [0.25, 0.3) is 10.4 Å². The van der Waals surface area contributed by atoms with Gasteiger partial charge in [-0.05, 0) is 31.9 Å². The van der Waals surface area contributed by atoms with Gasteiger partial charge >= 0.3 is 5.97 Å². The van der Waals surface area contributed by atoms with Crippen LogP contribution in [0.4, 0.5) is 0 Å². The number of nitrogens with one attached hydrogen (secondary N) is 1. The van der Waals surface area contributed by atoms with E-state index in [1.54, 1.807) is 6.92 Å². The van der Waals surface area contributed by atoms with E-state index in [0.29, 0.717) is 43.2 Å². The molecule has 0 aliphatic heterocycles. The maximum atomic E-state index is 12.5. The molecule has 25 heavy (non-hydrogen) atoms. The van der Waals surface area contributed by atoms with E-state index in [9.17, 15) is 9.59 Å².